The Bertz CT molecular complexity index is 548. The molecule has 126 valence electrons. The van der Waals surface area contributed by atoms with E-state index in [1.807, 2.05) is 41.1 Å². The van der Waals surface area contributed by atoms with Gasteiger partial charge >= 0.3 is 0 Å². The number of nitrogens with zero attached hydrogens (tertiary/aromatic N) is 3. The predicted molar refractivity (Wildman–Crippen MR) is 98.7 cm³/mol. The van der Waals surface area contributed by atoms with Gasteiger partial charge in [0.05, 0.1) is 6.54 Å². The Balaban J connectivity index is 2.54. The van der Waals surface area contributed by atoms with Crippen molar-refractivity contribution in [2.75, 3.05) is 26.4 Å². The third kappa shape index (κ3) is 5.76. The zero-order valence-electron chi connectivity index (χ0n) is 14.3. The molecule has 1 aromatic rings. The minimum Gasteiger partial charge on any atom is -0.355 e. The summed E-state index contributed by atoms with van der Waals surface area (Å²) in [5, 5.41) is 3.28. The van der Waals surface area contributed by atoms with Gasteiger partial charge in [-0.05, 0) is 42.8 Å². The van der Waals surface area contributed by atoms with Crippen molar-refractivity contribution in [1.29, 1.82) is 0 Å². The molecule has 0 saturated carbocycles. The molecule has 1 N–H and O–H groups in total. The summed E-state index contributed by atoms with van der Waals surface area (Å²) < 4.78 is 15.0. The van der Waals surface area contributed by atoms with Gasteiger partial charge in [0.2, 0.25) is 0 Å². The molecule has 1 rings (SSSR count). The van der Waals surface area contributed by atoms with Gasteiger partial charge in [-0.2, -0.15) is 0 Å². The van der Waals surface area contributed by atoms with Gasteiger partial charge in [-0.15, -0.1) is 0 Å². The second kappa shape index (κ2) is 8.15. The molecule has 0 aromatic carbocycles. The van der Waals surface area contributed by atoms with Crippen LogP contribution in [-0.2, 0) is 24.4 Å². The van der Waals surface area contributed by atoms with Crippen LogP contribution in [0.5, 0.6) is 0 Å². The number of guanidine groups is 1. The Kier molecular flexibility index (Phi) is 7.12. The fourth-order valence-electron chi connectivity index (χ4n) is 1.99. The Morgan fingerprint density at radius 1 is 1.50 bits per heavy atom. The largest absolute Gasteiger partial charge is 0.355 e. The van der Waals surface area contributed by atoms with Gasteiger partial charge in [0.1, 0.15) is 0 Å². The molecule has 1 atom stereocenters. The topological polar surface area (TPSA) is 49.6 Å². The van der Waals surface area contributed by atoms with Crippen molar-refractivity contribution < 1.29 is 4.21 Å². The van der Waals surface area contributed by atoms with E-state index in [1.54, 1.807) is 7.05 Å². The predicted octanol–water partition coefficient (Wildman–Crippen LogP) is 2.34. The van der Waals surface area contributed by atoms with E-state index in [9.17, 15) is 4.21 Å². The number of aliphatic imine (C=N–C) groups is 1. The van der Waals surface area contributed by atoms with E-state index in [0.717, 1.165) is 17.0 Å². The molecule has 1 heterocycles. The van der Waals surface area contributed by atoms with Gasteiger partial charge in [0, 0.05) is 65.4 Å². The molecule has 0 aliphatic heterocycles. The summed E-state index contributed by atoms with van der Waals surface area (Å²) in [5.41, 5.74) is 1.19. The molecule has 0 spiro atoms. The molecule has 0 aliphatic carbocycles. The molecule has 0 aliphatic rings. The fraction of sp³-hybridized carbons (Fsp3) is 0.667. The highest BCUT2D eigenvalue weighted by Gasteiger charge is 2.19. The molecule has 0 bridgehead atoms. The maximum absolute atomic E-state index is 12.1. The number of rotatable bonds is 5. The Morgan fingerprint density at radius 3 is 2.59 bits per heavy atom. The number of nitrogens with one attached hydrogen (secondary N) is 1. The molecular weight excluding hydrogens is 364 g/mol. The summed E-state index contributed by atoms with van der Waals surface area (Å²) in [6.07, 6.45) is 2.03. The lowest BCUT2D eigenvalue weighted by molar-refractivity contribution is 0.464. The van der Waals surface area contributed by atoms with Gasteiger partial charge in [0.25, 0.3) is 0 Å². The summed E-state index contributed by atoms with van der Waals surface area (Å²) in [6.45, 7) is 7.40. The van der Waals surface area contributed by atoms with Gasteiger partial charge in [-0.1, -0.05) is 0 Å². The summed E-state index contributed by atoms with van der Waals surface area (Å²) in [5.74, 6) is 1.43. The average Bonchev–Trinajstić information content (AvgIpc) is 2.71. The first-order chi connectivity index (χ1) is 10.1. The van der Waals surface area contributed by atoms with Crippen molar-refractivity contribution in [3.8, 4) is 0 Å². The molecule has 0 fully saturated rings. The Labute approximate surface area is 144 Å². The first-order valence-electron chi connectivity index (χ1n) is 7.26. The van der Waals surface area contributed by atoms with Crippen molar-refractivity contribution in [3.63, 3.8) is 0 Å². The molecule has 0 radical (unpaired) electrons. The van der Waals surface area contributed by atoms with E-state index < -0.39 is 10.8 Å². The molecule has 5 nitrogen and oxygen atoms in total. The summed E-state index contributed by atoms with van der Waals surface area (Å²) in [7, 11) is 4.93. The van der Waals surface area contributed by atoms with Crippen LogP contribution in [-0.4, -0.2) is 50.8 Å². The van der Waals surface area contributed by atoms with Crippen molar-refractivity contribution >= 4 is 32.7 Å². The van der Waals surface area contributed by atoms with Crippen LogP contribution < -0.4 is 5.32 Å². The normalized spacial score (nSPS) is 14.0. The molecule has 22 heavy (non-hydrogen) atoms. The van der Waals surface area contributed by atoms with Crippen molar-refractivity contribution in [2.24, 2.45) is 12.0 Å². The van der Waals surface area contributed by atoms with Crippen LogP contribution in [0.3, 0.4) is 0 Å². The zero-order chi connectivity index (χ0) is 16.9. The third-order valence-corrected chi connectivity index (χ3v) is 5.68. The van der Waals surface area contributed by atoms with E-state index in [-0.39, 0.29) is 4.75 Å². The highest BCUT2D eigenvalue weighted by atomic mass is 79.9. The minimum absolute atomic E-state index is 0.174. The average molecular weight is 391 g/mol. The molecule has 1 unspecified atom stereocenters. The summed E-state index contributed by atoms with van der Waals surface area (Å²) in [4.78, 5) is 6.35. The minimum atomic E-state index is -0.854. The lowest BCUT2D eigenvalue weighted by atomic mass is 10.3. The second-order valence-corrected chi connectivity index (χ2v) is 9.49. The molecule has 0 saturated heterocycles. The second-order valence-electron chi connectivity index (χ2n) is 6.25. The molecular formula is C15H27BrN4OS. The Hall–Kier alpha value is -0.820. The fourth-order valence-corrected chi connectivity index (χ4v) is 3.46. The van der Waals surface area contributed by atoms with Crippen LogP contribution in [0.25, 0.3) is 0 Å². The molecule has 7 heteroatoms. The zero-order valence-corrected chi connectivity index (χ0v) is 16.7. The lowest BCUT2D eigenvalue weighted by Crippen LogP contribution is -2.41. The molecule has 1 aromatic heterocycles. The highest BCUT2D eigenvalue weighted by Crippen LogP contribution is 2.15. The van der Waals surface area contributed by atoms with E-state index in [4.69, 9.17) is 0 Å². The number of hydrogen-bond donors (Lipinski definition) is 1. The van der Waals surface area contributed by atoms with Crippen LogP contribution >= 0.6 is 15.9 Å². The van der Waals surface area contributed by atoms with Crippen LogP contribution in [0.1, 0.15) is 26.5 Å². The quantitative estimate of drug-likeness (QED) is 0.619. The van der Waals surface area contributed by atoms with Crippen LogP contribution in [0.2, 0.25) is 0 Å². The summed E-state index contributed by atoms with van der Waals surface area (Å²) in [6, 6.07) is 2.10. The number of aryl methyl sites for hydroxylation is 1. The number of hydrogen-bond acceptors (Lipinski definition) is 2. The number of halogens is 1. The van der Waals surface area contributed by atoms with Crippen LogP contribution in [0.4, 0.5) is 0 Å². The van der Waals surface area contributed by atoms with Gasteiger partial charge in [0.15, 0.2) is 5.96 Å². The monoisotopic (exact) mass is 390 g/mol. The van der Waals surface area contributed by atoms with Gasteiger partial charge < -0.3 is 14.8 Å². The van der Waals surface area contributed by atoms with Gasteiger partial charge in [-0.25, -0.2) is 0 Å². The maximum Gasteiger partial charge on any atom is 0.193 e. The van der Waals surface area contributed by atoms with Crippen molar-refractivity contribution in [1.82, 2.24) is 14.8 Å². The van der Waals surface area contributed by atoms with Crippen LogP contribution in [0, 0.1) is 0 Å². The van der Waals surface area contributed by atoms with E-state index in [0.29, 0.717) is 12.3 Å². The highest BCUT2D eigenvalue weighted by molar-refractivity contribution is 9.10. The van der Waals surface area contributed by atoms with E-state index in [2.05, 4.69) is 41.8 Å². The summed E-state index contributed by atoms with van der Waals surface area (Å²) >= 11 is 3.48. The Morgan fingerprint density at radius 2 is 2.14 bits per heavy atom. The maximum atomic E-state index is 12.1. The van der Waals surface area contributed by atoms with Gasteiger partial charge in [-0.3, -0.25) is 9.20 Å². The van der Waals surface area contributed by atoms with Crippen LogP contribution in [0.15, 0.2) is 21.7 Å². The first kappa shape index (κ1) is 19.2. The standard InChI is InChI=1S/C15H27BrN4OS/c1-15(2,3)22(21)8-7-18-14(17-4)20(6)11-13-9-12(16)10-19(13)5/h9-10H,7-8,11H2,1-6H3,(H,17,18). The molecule has 0 amide bonds. The SMILES string of the molecule is CN=C(NCCS(=O)C(C)(C)C)N(C)Cc1cc(Br)cn1C. The third-order valence-electron chi connectivity index (χ3n) is 3.30. The van der Waals surface area contributed by atoms with E-state index in [1.165, 1.54) is 5.69 Å². The smallest absolute Gasteiger partial charge is 0.193 e. The first-order valence-corrected chi connectivity index (χ1v) is 9.37. The van der Waals surface area contributed by atoms with Crippen molar-refractivity contribution in [3.05, 3.63) is 22.4 Å². The number of aromatic nitrogens is 1. The van der Waals surface area contributed by atoms with Crippen molar-refractivity contribution in [2.45, 2.75) is 32.1 Å². The lowest BCUT2D eigenvalue weighted by Gasteiger charge is -2.23. The van der Waals surface area contributed by atoms with E-state index >= 15 is 0 Å².